The van der Waals surface area contributed by atoms with Crippen LogP contribution in [0.5, 0.6) is 0 Å². The fourth-order valence-electron chi connectivity index (χ4n) is 3.58. The molecule has 0 bridgehead atoms. The van der Waals surface area contributed by atoms with Gasteiger partial charge in [0.2, 0.25) is 5.95 Å². The van der Waals surface area contributed by atoms with Crippen LogP contribution in [-0.4, -0.2) is 56.6 Å². The lowest BCUT2D eigenvalue weighted by Crippen LogP contribution is -2.41. The molecule has 1 saturated heterocycles. The zero-order valence-corrected chi connectivity index (χ0v) is 16.8. The predicted octanol–water partition coefficient (Wildman–Crippen LogP) is 3.31. The molecule has 0 spiro atoms. The summed E-state index contributed by atoms with van der Waals surface area (Å²) < 4.78 is 36.5. The summed E-state index contributed by atoms with van der Waals surface area (Å²) in [5.41, 5.74) is 0.854. The minimum absolute atomic E-state index is 0.210. The monoisotopic (exact) mass is 436 g/mol. The molecule has 10 heteroatoms. The van der Waals surface area contributed by atoms with Gasteiger partial charge >= 0.3 is 0 Å². The van der Waals surface area contributed by atoms with E-state index in [1.165, 1.54) is 4.90 Å². The Labute approximate surface area is 181 Å². The summed E-state index contributed by atoms with van der Waals surface area (Å²) in [4.78, 5) is 26.7. The van der Waals surface area contributed by atoms with E-state index in [4.69, 9.17) is 4.74 Å². The van der Waals surface area contributed by atoms with Crippen molar-refractivity contribution < 1.29 is 18.3 Å². The third-order valence-corrected chi connectivity index (χ3v) is 5.18. The van der Waals surface area contributed by atoms with Crippen molar-refractivity contribution in [3.8, 4) is 5.69 Å². The maximum atomic E-state index is 14.9. The number of pyridine rings is 1. The number of rotatable bonds is 4. The predicted molar refractivity (Wildman–Crippen MR) is 113 cm³/mol. The summed E-state index contributed by atoms with van der Waals surface area (Å²) in [5.74, 6) is -2.22. The highest BCUT2D eigenvalue weighted by Gasteiger charge is 2.26. The smallest absolute Gasteiger partial charge is 0.259 e. The molecule has 4 aromatic rings. The Balaban J connectivity index is 1.49. The quantitative estimate of drug-likeness (QED) is 0.528. The Hall–Kier alpha value is -3.92. The van der Waals surface area contributed by atoms with Gasteiger partial charge in [-0.1, -0.05) is 0 Å². The number of carbonyl (C=O) groups excluding carboxylic acids is 1. The van der Waals surface area contributed by atoms with Crippen molar-refractivity contribution in [3.63, 3.8) is 0 Å². The minimum Gasteiger partial charge on any atom is -0.378 e. The fraction of sp³-hybridized carbons (Fsp3) is 0.182. The van der Waals surface area contributed by atoms with Gasteiger partial charge < -0.3 is 19.5 Å². The van der Waals surface area contributed by atoms with Crippen LogP contribution in [0.25, 0.3) is 16.7 Å². The van der Waals surface area contributed by atoms with Crippen LogP contribution in [0.2, 0.25) is 0 Å². The number of carbonyl (C=O) groups is 1. The second-order valence-electron chi connectivity index (χ2n) is 7.21. The van der Waals surface area contributed by atoms with E-state index in [0.717, 1.165) is 17.8 Å². The number of ether oxygens (including phenoxy) is 1. The number of halogens is 2. The molecule has 3 aromatic heterocycles. The molecule has 5 rings (SSSR count). The van der Waals surface area contributed by atoms with Crippen molar-refractivity contribution in [1.82, 2.24) is 24.4 Å². The first-order valence-electron chi connectivity index (χ1n) is 9.98. The van der Waals surface area contributed by atoms with Crippen molar-refractivity contribution >= 4 is 28.6 Å². The summed E-state index contributed by atoms with van der Waals surface area (Å²) >= 11 is 0. The van der Waals surface area contributed by atoms with Crippen LogP contribution in [0.3, 0.4) is 0 Å². The van der Waals surface area contributed by atoms with Crippen molar-refractivity contribution in [2.45, 2.75) is 0 Å². The van der Waals surface area contributed by atoms with Crippen molar-refractivity contribution in [2.24, 2.45) is 0 Å². The average Bonchev–Trinajstić information content (AvgIpc) is 3.23. The highest BCUT2D eigenvalue weighted by atomic mass is 19.1. The fourth-order valence-corrected chi connectivity index (χ4v) is 3.58. The molecule has 32 heavy (non-hydrogen) atoms. The second kappa shape index (κ2) is 8.31. The highest BCUT2D eigenvalue weighted by molar-refractivity contribution is 5.95. The molecular formula is C22H18F2N6O2. The number of hydrogen-bond donors (Lipinski definition) is 1. The Bertz CT molecular complexity index is 1270. The standard InChI is InChI=1S/C22H18F2N6O2/c23-17-11-16(12-18(24)19(17)21(31)29-7-9-32-10-8-29)30-6-3-14-13-26-22(28-20(14)30)27-15-1-4-25-5-2-15/h1-6,11-13H,7-10H2,(H,25,26,27,28). The summed E-state index contributed by atoms with van der Waals surface area (Å²) in [7, 11) is 0. The lowest BCUT2D eigenvalue weighted by atomic mass is 10.1. The zero-order chi connectivity index (χ0) is 22.1. The molecule has 0 atom stereocenters. The maximum absolute atomic E-state index is 14.9. The van der Waals surface area contributed by atoms with E-state index in [1.54, 1.807) is 47.6 Å². The molecule has 0 unspecified atom stereocenters. The van der Waals surface area contributed by atoms with Crippen LogP contribution in [0.15, 0.2) is 55.1 Å². The van der Waals surface area contributed by atoms with E-state index in [-0.39, 0.29) is 5.69 Å². The van der Waals surface area contributed by atoms with Crippen LogP contribution in [0.1, 0.15) is 10.4 Å². The first-order valence-corrected chi connectivity index (χ1v) is 9.98. The highest BCUT2D eigenvalue weighted by Crippen LogP contribution is 2.25. The van der Waals surface area contributed by atoms with E-state index in [2.05, 4.69) is 20.3 Å². The van der Waals surface area contributed by atoms with Gasteiger partial charge in [0, 0.05) is 49.0 Å². The van der Waals surface area contributed by atoms with Gasteiger partial charge in [0.05, 0.1) is 18.9 Å². The molecule has 1 aliphatic rings. The van der Waals surface area contributed by atoms with E-state index in [1.807, 2.05) is 0 Å². The molecule has 1 N–H and O–H groups in total. The Morgan fingerprint density at radius 2 is 1.78 bits per heavy atom. The summed E-state index contributed by atoms with van der Waals surface area (Å²) in [6.45, 7) is 1.29. The molecule has 1 aliphatic heterocycles. The van der Waals surface area contributed by atoms with Crippen LogP contribution in [0.4, 0.5) is 20.4 Å². The molecule has 0 saturated carbocycles. The van der Waals surface area contributed by atoms with Crippen molar-refractivity contribution in [1.29, 1.82) is 0 Å². The lowest BCUT2D eigenvalue weighted by molar-refractivity contribution is 0.0296. The van der Waals surface area contributed by atoms with Gasteiger partial charge in [-0.05, 0) is 30.3 Å². The number of anilines is 2. The Kier molecular flexibility index (Phi) is 5.20. The number of morpholine rings is 1. The van der Waals surface area contributed by atoms with Gasteiger partial charge in [-0.25, -0.2) is 13.8 Å². The van der Waals surface area contributed by atoms with E-state index >= 15 is 0 Å². The van der Waals surface area contributed by atoms with E-state index in [0.29, 0.717) is 43.3 Å². The molecule has 1 amide bonds. The van der Waals surface area contributed by atoms with Crippen LogP contribution in [0, 0.1) is 11.6 Å². The topological polar surface area (TPSA) is 85.2 Å². The molecule has 4 heterocycles. The van der Waals surface area contributed by atoms with Crippen LogP contribution >= 0.6 is 0 Å². The number of nitrogens with zero attached hydrogens (tertiary/aromatic N) is 5. The normalized spacial score (nSPS) is 14.0. The third kappa shape index (κ3) is 3.76. The van der Waals surface area contributed by atoms with E-state index < -0.39 is 23.1 Å². The summed E-state index contributed by atoms with van der Waals surface area (Å²) in [5, 5.41) is 3.76. The Morgan fingerprint density at radius 1 is 1.06 bits per heavy atom. The number of nitrogens with one attached hydrogen (secondary N) is 1. The van der Waals surface area contributed by atoms with Crippen LogP contribution < -0.4 is 5.32 Å². The van der Waals surface area contributed by atoms with Gasteiger partial charge in [-0.15, -0.1) is 0 Å². The number of fused-ring (bicyclic) bond motifs is 1. The summed E-state index contributed by atoms with van der Waals surface area (Å²) in [6.07, 6.45) is 6.53. The van der Waals surface area contributed by atoms with E-state index in [9.17, 15) is 13.6 Å². The maximum Gasteiger partial charge on any atom is 0.259 e. The molecule has 162 valence electrons. The minimum atomic E-state index is -0.928. The number of aromatic nitrogens is 4. The Morgan fingerprint density at radius 3 is 2.50 bits per heavy atom. The van der Waals surface area contributed by atoms with Crippen molar-refractivity contribution in [2.75, 3.05) is 31.6 Å². The van der Waals surface area contributed by atoms with Gasteiger partial charge in [0.25, 0.3) is 5.91 Å². The second-order valence-corrected chi connectivity index (χ2v) is 7.21. The molecule has 8 nitrogen and oxygen atoms in total. The molecule has 0 radical (unpaired) electrons. The van der Waals surface area contributed by atoms with Gasteiger partial charge in [0.1, 0.15) is 22.8 Å². The third-order valence-electron chi connectivity index (χ3n) is 5.18. The van der Waals surface area contributed by atoms with Crippen molar-refractivity contribution in [3.05, 3.63) is 72.3 Å². The van der Waals surface area contributed by atoms with Gasteiger partial charge in [-0.2, -0.15) is 4.98 Å². The van der Waals surface area contributed by atoms with Gasteiger partial charge in [0.15, 0.2) is 0 Å². The average molecular weight is 436 g/mol. The molecule has 1 fully saturated rings. The summed E-state index contributed by atoms with van der Waals surface area (Å²) in [6, 6.07) is 7.54. The van der Waals surface area contributed by atoms with Crippen LogP contribution in [-0.2, 0) is 4.74 Å². The first kappa shape index (κ1) is 20.0. The van der Waals surface area contributed by atoms with Gasteiger partial charge in [-0.3, -0.25) is 9.78 Å². The molecule has 0 aliphatic carbocycles. The molecular weight excluding hydrogens is 418 g/mol. The SMILES string of the molecule is O=C(c1c(F)cc(-n2ccc3cnc(Nc4ccncc4)nc32)cc1F)N1CCOCC1. The molecule has 1 aromatic carbocycles. The number of amides is 1. The number of hydrogen-bond acceptors (Lipinski definition) is 6. The zero-order valence-electron chi connectivity index (χ0n) is 16.8. The first-order chi connectivity index (χ1) is 15.6. The largest absolute Gasteiger partial charge is 0.378 e. The number of benzene rings is 1. The lowest BCUT2D eigenvalue weighted by Gasteiger charge is -2.27.